The van der Waals surface area contributed by atoms with Gasteiger partial charge in [0.1, 0.15) is 0 Å². The molecule has 1 atom stereocenters. The molecular weight excluding hydrogens is 284 g/mol. The monoisotopic (exact) mass is 310 g/mol. The smallest absolute Gasteiger partial charge is 0.169 e. The molecule has 0 aromatic carbocycles. The van der Waals surface area contributed by atoms with E-state index in [-0.39, 0.29) is 0 Å². The molecule has 0 saturated carbocycles. The number of hydrogen-bond donors (Lipinski definition) is 1. The maximum atomic E-state index is 5.60. The second kappa shape index (κ2) is 7.22. The van der Waals surface area contributed by atoms with Gasteiger partial charge in [0.05, 0.1) is 11.8 Å². The number of thiocarbonyl (C=S) groups is 1. The van der Waals surface area contributed by atoms with Crippen LogP contribution in [-0.2, 0) is 17.8 Å². The third kappa shape index (κ3) is 3.95. The fourth-order valence-electron chi connectivity index (χ4n) is 2.72. The Morgan fingerprint density at radius 2 is 2.29 bits per heavy atom. The van der Waals surface area contributed by atoms with Crippen LogP contribution in [0.25, 0.3) is 0 Å². The predicted octanol–water partition coefficient (Wildman–Crippen LogP) is 2.01. The van der Waals surface area contributed by atoms with Gasteiger partial charge in [-0.2, -0.15) is 5.10 Å². The van der Waals surface area contributed by atoms with Gasteiger partial charge in [-0.05, 0) is 45.8 Å². The van der Waals surface area contributed by atoms with Crippen LogP contribution in [0.1, 0.15) is 36.7 Å². The summed E-state index contributed by atoms with van der Waals surface area (Å²) in [5, 5.41) is 8.64. The molecule has 21 heavy (non-hydrogen) atoms. The van der Waals surface area contributed by atoms with Crippen molar-refractivity contribution in [2.45, 2.75) is 52.8 Å². The molecule has 118 valence electrons. The average molecular weight is 310 g/mol. The summed E-state index contributed by atoms with van der Waals surface area (Å²) >= 11 is 5.46. The van der Waals surface area contributed by atoms with E-state index in [1.165, 1.54) is 11.3 Å². The number of ether oxygens (including phenoxy) is 1. The summed E-state index contributed by atoms with van der Waals surface area (Å²) in [5.74, 6) is 0. The van der Waals surface area contributed by atoms with E-state index in [1.807, 2.05) is 11.7 Å². The van der Waals surface area contributed by atoms with E-state index in [0.29, 0.717) is 6.10 Å². The number of nitrogens with zero attached hydrogens (tertiary/aromatic N) is 3. The van der Waals surface area contributed by atoms with Crippen LogP contribution >= 0.6 is 12.2 Å². The molecule has 2 rings (SSSR count). The highest BCUT2D eigenvalue weighted by Gasteiger charge is 2.17. The van der Waals surface area contributed by atoms with Gasteiger partial charge in [0, 0.05) is 44.5 Å². The van der Waals surface area contributed by atoms with E-state index in [0.717, 1.165) is 49.9 Å². The van der Waals surface area contributed by atoms with Crippen molar-refractivity contribution < 1.29 is 4.74 Å². The molecule has 0 bridgehead atoms. The third-order valence-corrected chi connectivity index (χ3v) is 4.53. The molecule has 5 nitrogen and oxygen atoms in total. The molecule has 1 aromatic heterocycles. The first kappa shape index (κ1) is 16.2. The van der Waals surface area contributed by atoms with Crippen LogP contribution in [0.4, 0.5) is 0 Å². The fraction of sp³-hybridized carbons (Fsp3) is 0.733. The van der Waals surface area contributed by atoms with Crippen LogP contribution in [0.3, 0.4) is 0 Å². The van der Waals surface area contributed by atoms with Crippen LogP contribution in [0.5, 0.6) is 0 Å². The summed E-state index contributed by atoms with van der Waals surface area (Å²) in [5.41, 5.74) is 3.58. The summed E-state index contributed by atoms with van der Waals surface area (Å²) < 4.78 is 7.65. The Bertz CT molecular complexity index is 494. The highest BCUT2D eigenvalue weighted by Crippen LogP contribution is 2.15. The number of nitrogens with one attached hydrogen (secondary N) is 1. The second-order valence-electron chi connectivity index (χ2n) is 5.64. The molecular formula is C15H26N4OS. The average Bonchev–Trinajstić information content (AvgIpc) is 3.07. The zero-order valence-corrected chi connectivity index (χ0v) is 14.3. The highest BCUT2D eigenvalue weighted by atomic mass is 32.1. The van der Waals surface area contributed by atoms with Crippen molar-refractivity contribution in [1.29, 1.82) is 0 Å². The SMILES string of the molecule is CCn1nc(C)c(CN(C)C(=S)NCC2CCCO2)c1C. The van der Waals surface area contributed by atoms with E-state index in [9.17, 15) is 0 Å². The molecule has 1 unspecified atom stereocenters. The van der Waals surface area contributed by atoms with Crippen LogP contribution in [0, 0.1) is 13.8 Å². The van der Waals surface area contributed by atoms with Gasteiger partial charge < -0.3 is 15.0 Å². The first-order chi connectivity index (χ1) is 10.0. The lowest BCUT2D eigenvalue weighted by Gasteiger charge is -2.22. The Kier molecular flexibility index (Phi) is 5.58. The molecule has 0 radical (unpaired) electrons. The Balaban J connectivity index is 1.89. The van der Waals surface area contributed by atoms with Crippen molar-refractivity contribution in [3.05, 3.63) is 17.0 Å². The van der Waals surface area contributed by atoms with E-state index < -0.39 is 0 Å². The molecule has 1 aromatic rings. The molecule has 2 heterocycles. The van der Waals surface area contributed by atoms with Crippen LogP contribution in [-0.4, -0.2) is 46.1 Å². The van der Waals surface area contributed by atoms with Gasteiger partial charge in [0.2, 0.25) is 0 Å². The third-order valence-electron chi connectivity index (χ3n) is 4.08. The molecule has 1 aliphatic rings. The van der Waals surface area contributed by atoms with Gasteiger partial charge in [0.25, 0.3) is 0 Å². The van der Waals surface area contributed by atoms with E-state index in [2.05, 4.69) is 36.1 Å². The number of aromatic nitrogens is 2. The number of aryl methyl sites for hydroxylation is 2. The van der Waals surface area contributed by atoms with Gasteiger partial charge in [-0.15, -0.1) is 0 Å². The summed E-state index contributed by atoms with van der Waals surface area (Å²) in [6.45, 7) is 9.66. The van der Waals surface area contributed by atoms with Crippen LogP contribution in [0.15, 0.2) is 0 Å². The molecule has 1 saturated heterocycles. The molecule has 0 amide bonds. The second-order valence-corrected chi connectivity index (χ2v) is 6.03. The summed E-state index contributed by atoms with van der Waals surface area (Å²) in [6, 6.07) is 0. The largest absolute Gasteiger partial charge is 0.376 e. The van der Waals surface area contributed by atoms with Gasteiger partial charge in [0.15, 0.2) is 5.11 Å². The number of hydrogen-bond acceptors (Lipinski definition) is 3. The van der Waals surface area contributed by atoms with E-state index >= 15 is 0 Å². The van der Waals surface area contributed by atoms with Crippen molar-refractivity contribution in [3.8, 4) is 0 Å². The minimum absolute atomic E-state index is 0.308. The minimum atomic E-state index is 0.308. The maximum absolute atomic E-state index is 5.60. The molecule has 1 aliphatic heterocycles. The lowest BCUT2D eigenvalue weighted by atomic mass is 10.2. The van der Waals surface area contributed by atoms with Crippen molar-refractivity contribution in [3.63, 3.8) is 0 Å². The normalized spacial score (nSPS) is 18.0. The van der Waals surface area contributed by atoms with Crippen molar-refractivity contribution in [1.82, 2.24) is 20.0 Å². The van der Waals surface area contributed by atoms with Crippen molar-refractivity contribution in [2.24, 2.45) is 0 Å². The van der Waals surface area contributed by atoms with E-state index in [1.54, 1.807) is 0 Å². The molecule has 1 fully saturated rings. The Hall–Kier alpha value is -1.14. The van der Waals surface area contributed by atoms with Gasteiger partial charge in [-0.25, -0.2) is 0 Å². The number of rotatable bonds is 5. The highest BCUT2D eigenvalue weighted by molar-refractivity contribution is 7.80. The zero-order valence-electron chi connectivity index (χ0n) is 13.5. The minimum Gasteiger partial charge on any atom is -0.376 e. The molecule has 0 spiro atoms. The summed E-state index contributed by atoms with van der Waals surface area (Å²) in [6.07, 6.45) is 2.59. The maximum Gasteiger partial charge on any atom is 0.169 e. The predicted molar refractivity (Wildman–Crippen MR) is 88.4 cm³/mol. The van der Waals surface area contributed by atoms with Crippen molar-refractivity contribution >= 4 is 17.3 Å². The lowest BCUT2D eigenvalue weighted by Crippen LogP contribution is -2.40. The topological polar surface area (TPSA) is 42.3 Å². The first-order valence-electron chi connectivity index (χ1n) is 7.66. The van der Waals surface area contributed by atoms with Gasteiger partial charge in [-0.3, -0.25) is 4.68 Å². The van der Waals surface area contributed by atoms with Crippen LogP contribution in [0.2, 0.25) is 0 Å². The van der Waals surface area contributed by atoms with Gasteiger partial charge >= 0.3 is 0 Å². The molecule has 0 aliphatic carbocycles. The molecule has 6 heteroatoms. The first-order valence-corrected chi connectivity index (χ1v) is 8.07. The zero-order chi connectivity index (χ0) is 15.4. The standard InChI is InChI=1S/C15H26N4OS/c1-5-19-12(3)14(11(2)17-19)10-18(4)15(21)16-9-13-7-6-8-20-13/h13H,5-10H2,1-4H3,(H,16,21). The van der Waals surface area contributed by atoms with Crippen molar-refractivity contribution in [2.75, 3.05) is 20.2 Å². The Morgan fingerprint density at radius 3 is 2.86 bits per heavy atom. The molecule has 1 N–H and O–H groups in total. The van der Waals surface area contributed by atoms with Crippen LogP contribution < -0.4 is 5.32 Å². The lowest BCUT2D eigenvalue weighted by molar-refractivity contribution is 0.113. The Morgan fingerprint density at radius 1 is 1.52 bits per heavy atom. The summed E-state index contributed by atoms with van der Waals surface area (Å²) in [7, 11) is 2.02. The quantitative estimate of drug-likeness (QED) is 0.843. The van der Waals surface area contributed by atoms with Gasteiger partial charge in [-0.1, -0.05) is 0 Å². The summed E-state index contributed by atoms with van der Waals surface area (Å²) in [4.78, 5) is 2.07. The van der Waals surface area contributed by atoms with E-state index in [4.69, 9.17) is 17.0 Å². The Labute approximate surface area is 132 Å². The fourth-order valence-corrected chi connectivity index (χ4v) is 2.87.